The third kappa shape index (κ3) is 5.74. The summed E-state index contributed by atoms with van der Waals surface area (Å²) in [7, 11) is 1.11. The summed E-state index contributed by atoms with van der Waals surface area (Å²) in [6.07, 6.45) is -0.274. The van der Waals surface area contributed by atoms with E-state index in [0.29, 0.717) is 11.3 Å². The number of carbonyl (C=O) groups is 3. The molecule has 0 bridgehead atoms. The molecule has 0 spiro atoms. The first-order chi connectivity index (χ1) is 13.3. The molecule has 0 aromatic carbocycles. The standard InChI is InChI=1S/C19H25F3N2O5/c1-18(2,3)29-17(27)24-8-6-5-7-14(24)12-9-13(15(25)28-4)11-23(10-12)16(26)19(20,21)22/h5-6,9,12,14H,7-8,10-11H2,1-4H3/t12-,14+/m0/s1. The first-order valence-electron chi connectivity index (χ1n) is 9.13. The lowest BCUT2D eigenvalue weighted by Crippen LogP contribution is -2.54. The van der Waals surface area contributed by atoms with Gasteiger partial charge in [-0.2, -0.15) is 13.2 Å². The number of esters is 1. The summed E-state index contributed by atoms with van der Waals surface area (Å²) in [6.45, 7) is 4.55. The zero-order valence-corrected chi connectivity index (χ0v) is 16.8. The summed E-state index contributed by atoms with van der Waals surface area (Å²) >= 11 is 0. The molecule has 0 saturated carbocycles. The van der Waals surface area contributed by atoms with Gasteiger partial charge in [-0.1, -0.05) is 18.2 Å². The zero-order chi connectivity index (χ0) is 22.0. The largest absolute Gasteiger partial charge is 0.471 e. The van der Waals surface area contributed by atoms with E-state index in [2.05, 4.69) is 4.74 Å². The van der Waals surface area contributed by atoms with Crippen molar-refractivity contribution in [2.45, 2.75) is 45.0 Å². The van der Waals surface area contributed by atoms with Gasteiger partial charge in [-0.25, -0.2) is 9.59 Å². The normalized spacial score (nSPS) is 22.8. The van der Waals surface area contributed by atoms with Gasteiger partial charge in [0.1, 0.15) is 5.60 Å². The fourth-order valence-corrected chi connectivity index (χ4v) is 3.34. The van der Waals surface area contributed by atoms with Crippen LogP contribution in [0.5, 0.6) is 0 Å². The van der Waals surface area contributed by atoms with Gasteiger partial charge >= 0.3 is 24.1 Å². The van der Waals surface area contributed by atoms with Crippen molar-refractivity contribution in [2.24, 2.45) is 5.92 Å². The molecule has 0 unspecified atom stereocenters. The fraction of sp³-hybridized carbons (Fsp3) is 0.632. The molecule has 29 heavy (non-hydrogen) atoms. The van der Waals surface area contributed by atoms with Crippen molar-refractivity contribution in [2.75, 3.05) is 26.7 Å². The van der Waals surface area contributed by atoms with Gasteiger partial charge < -0.3 is 19.3 Å². The van der Waals surface area contributed by atoms with Crippen molar-refractivity contribution in [1.82, 2.24) is 9.80 Å². The number of amides is 2. The summed E-state index contributed by atoms with van der Waals surface area (Å²) in [6, 6.07) is -0.571. The van der Waals surface area contributed by atoms with E-state index in [9.17, 15) is 27.6 Å². The molecule has 0 aromatic heterocycles. The van der Waals surface area contributed by atoms with E-state index < -0.39 is 48.3 Å². The lowest BCUT2D eigenvalue weighted by molar-refractivity contribution is -0.186. The van der Waals surface area contributed by atoms with Crippen LogP contribution >= 0.6 is 0 Å². The summed E-state index contributed by atoms with van der Waals surface area (Å²) in [5.74, 6) is -3.54. The first kappa shape index (κ1) is 22.8. The Balaban J connectivity index is 2.34. The molecule has 2 amide bonds. The van der Waals surface area contributed by atoms with Crippen molar-refractivity contribution in [3.8, 4) is 0 Å². The van der Waals surface area contributed by atoms with Crippen LogP contribution in [0.3, 0.4) is 0 Å². The van der Waals surface area contributed by atoms with E-state index >= 15 is 0 Å². The Kier molecular flexibility index (Phi) is 6.64. The topological polar surface area (TPSA) is 76.2 Å². The van der Waals surface area contributed by atoms with Crippen LogP contribution in [-0.4, -0.2) is 72.3 Å². The maximum absolute atomic E-state index is 13.0. The Labute approximate surface area is 167 Å². The number of hydrogen-bond donors (Lipinski definition) is 0. The second-order valence-electron chi connectivity index (χ2n) is 7.94. The highest BCUT2D eigenvalue weighted by Crippen LogP contribution is 2.30. The van der Waals surface area contributed by atoms with Crippen molar-refractivity contribution in [3.05, 3.63) is 23.8 Å². The van der Waals surface area contributed by atoms with Crippen LogP contribution in [0, 0.1) is 5.92 Å². The van der Waals surface area contributed by atoms with Crippen LogP contribution in [0.2, 0.25) is 0 Å². The second kappa shape index (κ2) is 8.46. The average Bonchev–Trinajstić information content (AvgIpc) is 2.64. The van der Waals surface area contributed by atoms with Crippen LogP contribution in [-0.2, 0) is 19.1 Å². The number of methoxy groups -OCH3 is 1. The van der Waals surface area contributed by atoms with E-state index in [1.165, 1.54) is 11.0 Å². The van der Waals surface area contributed by atoms with Gasteiger partial charge in [-0.3, -0.25) is 4.79 Å². The molecule has 0 aromatic rings. The van der Waals surface area contributed by atoms with Gasteiger partial charge in [0.25, 0.3) is 0 Å². The third-order valence-corrected chi connectivity index (χ3v) is 4.55. The Morgan fingerprint density at radius 1 is 1.14 bits per heavy atom. The predicted octanol–water partition coefficient (Wildman–Crippen LogP) is 2.67. The predicted molar refractivity (Wildman–Crippen MR) is 96.7 cm³/mol. The number of rotatable bonds is 2. The molecule has 10 heteroatoms. The summed E-state index contributed by atoms with van der Waals surface area (Å²) < 4.78 is 49.0. The Hall–Kier alpha value is -2.52. The van der Waals surface area contributed by atoms with Gasteiger partial charge in [0.05, 0.1) is 19.2 Å². The number of halogens is 3. The van der Waals surface area contributed by atoms with Gasteiger partial charge in [-0.15, -0.1) is 0 Å². The van der Waals surface area contributed by atoms with E-state index in [1.807, 2.05) is 6.08 Å². The Morgan fingerprint density at radius 2 is 1.79 bits per heavy atom. The molecule has 2 heterocycles. The summed E-state index contributed by atoms with van der Waals surface area (Å²) in [4.78, 5) is 38.4. The van der Waals surface area contributed by atoms with Crippen molar-refractivity contribution < 1.29 is 37.0 Å². The molecule has 0 saturated heterocycles. The monoisotopic (exact) mass is 418 g/mol. The molecule has 2 atom stereocenters. The van der Waals surface area contributed by atoms with Crippen molar-refractivity contribution in [1.29, 1.82) is 0 Å². The van der Waals surface area contributed by atoms with Crippen LogP contribution in [0.1, 0.15) is 27.2 Å². The highest BCUT2D eigenvalue weighted by Gasteiger charge is 2.46. The van der Waals surface area contributed by atoms with Gasteiger partial charge in [-0.05, 0) is 27.2 Å². The number of nitrogens with zero attached hydrogens (tertiary/aromatic N) is 2. The molecule has 2 aliphatic heterocycles. The SMILES string of the molecule is COC(=O)C1=C[C@H]([C@H]2CC=CCN2C(=O)OC(C)(C)C)CN(C(=O)C(F)(F)F)C1. The molecule has 0 fully saturated rings. The molecular weight excluding hydrogens is 393 g/mol. The van der Waals surface area contributed by atoms with Crippen molar-refractivity contribution in [3.63, 3.8) is 0 Å². The first-order valence-corrected chi connectivity index (χ1v) is 9.13. The molecule has 2 rings (SSSR count). The highest BCUT2D eigenvalue weighted by atomic mass is 19.4. The van der Waals surface area contributed by atoms with Crippen LogP contribution in [0.4, 0.5) is 18.0 Å². The van der Waals surface area contributed by atoms with Gasteiger partial charge in [0, 0.05) is 25.0 Å². The lowest BCUT2D eigenvalue weighted by Gasteiger charge is -2.41. The van der Waals surface area contributed by atoms with Crippen LogP contribution < -0.4 is 0 Å². The van der Waals surface area contributed by atoms with Crippen LogP contribution in [0.15, 0.2) is 23.8 Å². The number of alkyl halides is 3. The average molecular weight is 418 g/mol. The molecule has 0 aliphatic carbocycles. The van der Waals surface area contributed by atoms with Gasteiger partial charge in [0.15, 0.2) is 0 Å². The molecule has 7 nitrogen and oxygen atoms in total. The minimum absolute atomic E-state index is 0.0555. The maximum Gasteiger partial charge on any atom is 0.471 e. The molecule has 0 radical (unpaired) electrons. The highest BCUT2D eigenvalue weighted by molar-refractivity contribution is 5.91. The van der Waals surface area contributed by atoms with Gasteiger partial charge in [0.2, 0.25) is 0 Å². The minimum atomic E-state index is -5.07. The maximum atomic E-state index is 13.0. The summed E-state index contributed by atoms with van der Waals surface area (Å²) in [5.41, 5.74) is -0.805. The van der Waals surface area contributed by atoms with E-state index in [4.69, 9.17) is 4.74 Å². The Morgan fingerprint density at radius 3 is 2.34 bits per heavy atom. The molecule has 0 N–H and O–H groups in total. The molecular formula is C19H25F3N2O5. The fourth-order valence-electron chi connectivity index (χ4n) is 3.34. The quantitative estimate of drug-likeness (QED) is 0.509. The molecule has 2 aliphatic rings. The van der Waals surface area contributed by atoms with Crippen molar-refractivity contribution >= 4 is 18.0 Å². The number of ether oxygens (including phenoxy) is 2. The van der Waals surface area contributed by atoms with Crippen LogP contribution in [0.25, 0.3) is 0 Å². The summed E-state index contributed by atoms with van der Waals surface area (Å²) in [5, 5.41) is 0. The minimum Gasteiger partial charge on any atom is -0.466 e. The van der Waals surface area contributed by atoms with E-state index in [1.54, 1.807) is 26.8 Å². The Bertz CT molecular complexity index is 724. The third-order valence-electron chi connectivity index (χ3n) is 4.55. The zero-order valence-electron chi connectivity index (χ0n) is 16.8. The smallest absolute Gasteiger partial charge is 0.466 e. The lowest BCUT2D eigenvalue weighted by atomic mass is 9.88. The molecule has 162 valence electrons. The number of hydrogen-bond acceptors (Lipinski definition) is 5. The second-order valence-corrected chi connectivity index (χ2v) is 7.94. The van der Waals surface area contributed by atoms with E-state index in [-0.39, 0.29) is 18.7 Å². The number of carbonyl (C=O) groups excluding carboxylic acids is 3. The van der Waals surface area contributed by atoms with E-state index in [0.717, 1.165) is 7.11 Å².